The van der Waals surface area contributed by atoms with Crippen molar-refractivity contribution in [3.63, 3.8) is 0 Å². The number of hydrogen-bond donors (Lipinski definition) is 0. The summed E-state index contributed by atoms with van der Waals surface area (Å²) in [4.78, 5) is 0. The maximum Gasteiger partial charge on any atom is 0.193 e. The second-order valence-electron chi connectivity index (χ2n) is 6.04. The van der Waals surface area contributed by atoms with Crippen molar-refractivity contribution in [1.82, 2.24) is 0 Å². The molecule has 0 aliphatic carbocycles. The zero-order chi connectivity index (χ0) is 19.4. The Morgan fingerprint density at radius 2 is 1.63 bits per heavy atom. The Bertz CT molecular complexity index is 874. The number of nitrogens with zero attached hydrogens (tertiary/aromatic N) is 1. The summed E-state index contributed by atoms with van der Waals surface area (Å²) in [6.07, 6.45) is 2.17. The predicted molar refractivity (Wildman–Crippen MR) is 86.1 cm³/mol. The minimum absolute atomic E-state index is 0.251. The van der Waals surface area contributed by atoms with Crippen LogP contribution in [0, 0.1) is 10.2 Å². The van der Waals surface area contributed by atoms with E-state index in [1.807, 2.05) is 6.07 Å². The van der Waals surface area contributed by atoms with Gasteiger partial charge in [0.25, 0.3) is 0 Å². The van der Waals surface area contributed by atoms with Gasteiger partial charge in [-0.15, -0.1) is 10.2 Å². The summed E-state index contributed by atoms with van der Waals surface area (Å²) in [5, 5.41) is 0. The molecule has 0 bridgehead atoms. The van der Waals surface area contributed by atoms with Crippen LogP contribution in [0.15, 0.2) is 72.9 Å². The molecule has 0 fully saturated rings. The van der Waals surface area contributed by atoms with Gasteiger partial charge in [0.2, 0.25) is 0 Å². The molecule has 140 valence electrons. The van der Waals surface area contributed by atoms with E-state index in [2.05, 4.69) is 71.4 Å². The summed E-state index contributed by atoms with van der Waals surface area (Å²) >= 11 is 0. The molecule has 1 aromatic heterocycles. The molecule has 0 saturated heterocycles. The quantitative estimate of drug-likeness (QED) is 0.400. The Morgan fingerprint density at radius 1 is 0.926 bits per heavy atom. The topological polar surface area (TPSA) is 105 Å². The Hall–Kier alpha value is -2.48. The molecule has 1 aliphatic rings. The van der Waals surface area contributed by atoms with Crippen molar-refractivity contribution >= 4 is 0 Å². The van der Waals surface area contributed by atoms with Crippen molar-refractivity contribution in [2.45, 2.75) is 12.5 Å². The largest absolute Gasteiger partial charge is 0.497 e. The van der Waals surface area contributed by atoms with Crippen LogP contribution in [0.25, 0.3) is 0 Å². The van der Waals surface area contributed by atoms with E-state index in [4.69, 9.17) is 23.4 Å². The number of hydrogen-bond acceptors (Lipinski definition) is 5. The molecular formula is C20H18ClNO5. The third kappa shape index (κ3) is 4.82. The summed E-state index contributed by atoms with van der Waals surface area (Å²) in [7, 11) is -3.23. The second kappa shape index (κ2) is 8.04. The lowest BCUT2D eigenvalue weighted by Gasteiger charge is -2.24. The van der Waals surface area contributed by atoms with Crippen LogP contribution in [0.2, 0.25) is 0 Å². The SMILES string of the molecule is COc1cccc(C2c3ccccc3C[n+]3ccccc32)c1.[O-][Cl+3]([O-])([O-])[O-]. The number of ether oxygens (including phenoxy) is 1. The molecule has 0 N–H and O–H groups in total. The Morgan fingerprint density at radius 3 is 2.37 bits per heavy atom. The standard InChI is InChI=1S/C20H18NO.ClHO4/c1-22-17-9-6-8-15(13-17)20-18-10-3-2-7-16(18)14-21-12-5-4-11-19(20)21;2-1(3,4)5/h2-13,20H,14H2,1H3;(H,2,3,4,5)/q+1;/p-1. The highest BCUT2D eigenvalue weighted by atomic mass is 35.7. The number of methoxy groups -OCH3 is 1. The first-order chi connectivity index (χ1) is 12.9. The van der Waals surface area contributed by atoms with Gasteiger partial charge in [0.05, 0.1) is 13.0 Å². The van der Waals surface area contributed by atoms with E-state index in [-0.39, 0.29) is 5.92 Å². The lowest BCUT2D eigenvalue weighted by molar-refractivity contribution is -2.00. The Kier molecular flexibility index (Phi) is 5.74. The summed E-state index contributed by atoms with van der Waals surface area (Å²) in [5.74, 6) is 1.16. The number of halogens is 1. The third-order valence-electron chi connectivity index (χ3n) is 4.41. The molecule has 0 amide bonds. The lowest BCUT2D eigenvalue weighted by Crippen LogP contribution is -2.68. The maximum absolute atomic E-state index is 8.49. The van der Waals surface area contributed by atoms with Crippen LogP contribution < -0.4 is 27.9 Å². The van der Waals surface area contributed by atoms with Crippen LogP contribution in [0.5, 0.6) is 5.75 Å². The van der Waals surface area contributed by atoms with Gasteiger partial charge in [0.1, 0.15) is 5.75 Å². The smallest absolute Gasteiger partial charge is 0.193 e. The van der Waals surface area contributed by atoms with E-state index < -0.39 is 10.2 Å². The molecule has 0 spiro atoms. The summed E-state index contributed by atoms with van der Waals surface area (Å²) in [6, 6.07) is 23.6. The third-order valence-corrected chi connectivity index (χ3v) is 4.41. The van der Waals surface area contributed by atoms with Crippen molar-refractivity contribution in [3.8, 4) is 5.75 Å². The fourth-order valence-electron chi connectivity index (χ4n) is 3.37. The van der Waals surface area contributed by atoms with E-state index in [1.54, 1.807) is 7.11 Å². The fraction of sp³-hybridized carbons (Fsp3) is 0.150. The highest BCUT2D eigenvalue weighted by molar-refractivity contribution is 5.46. The first-order valence-corrected chi connectivity index (χ1v) is 9.42. The minimum Gasteiger partial charge on any atom is -0.497 e. The van der Waals surface area contributed by atoms with E-state index in [0.717, 1.165) is 12.3 Å². The Labute approximate surface area is 159 Å². The number of rotatable bonds is 2. The molecule has 0 radical (unpaired) electrons. The van der Waals surface area contributed by atoms with Gasteiger partial charge in [0, 0.05) is 17.7 Å². The fourth-order valence-corrected chi connectivity index (χ4v) is 3.37. The van der Waals surface area contributed by atoms with Crippen molar-refractivity contribution in [2.24, 2.45) is 0 Å². The van der Waals surface area contributed by atoms with Crippen molar-refractivity contribution in [1.29, 1.82) is 0 Å². The number of pyridine rings is 1. The van der Waals surface area contributed by atoms with Gasteiger partial charge in [0.15, 0.2) is 18.4 Å². The molecular weight excluding hydrogens is 370 g/mol. The second-order valence-corrected chi connectivity index (χ2v) is 6.80. The van der Waals surface area contributed by atoms with E-state index >= 15 is 0 Å². The van der Waals surface area contributed by atoms with E-state index in [1.165, 1.54) is 22.4 Å². The first kappa shape index (κ1) is 19.3. The molecule has 4 rings (SSSR count). The Balaban J connectivity index is 0.000000376. The monoisotopic (exact) mass is 387 g/mol. The van der Waals surface area contributed by atoms with Crippen LogP contribution in [0.1, 0.15) is 28.3 Å². The lowest BCUT2D eigenvalue weighted by atomic mass is 9.82. The first-order valence-electron chi connectivity index (χ1n) is 8.18. The van der Waals surface area contributed by atoms with Crippen molar-refractivity contribution < 1.29 is 38.2 Å². The van der Waals surface area contributed by atoms with Gasteiger partial charge in [-0.2, -0.15) is 4.57 Å². The molecule has 3 aromatic rings. The molecule has 6 nitrogen and oxygen atoms in total. The van der Waals surface area contributed by atoms with Gasteiger partial charge in [-0.25, -0.2) is 18.6 Å². The zero-order valence-electron chi connectivity index (χ0n) is 14.6. The van der Waals surface area contributed by atoms with Gasteiger partial charge < -0.3 is 4.74 Å². The highest BCUT2D eigenvalue weighted by Gasteiger charge is 2.32. The highest BCUT2D eigenvalue weighted by Crippen LogP contribution is 2.36. The van der Waals surface area contributed by atoms with Crippen molar-refractivity contribution in [2.75, 3.05) is 7.11 Å². The van der Waals surface area contributed by atoms with Gasteiger partial charge in [-0.3, -0.25) is 0 Å². The van der Waals surface area contributed by atoms with Crippen LogP contribution in [0.4, 0.5) is 0 Å². The predicted octanol–water partition coefficient (Wildman–Crippen LogP) is -1.23. The van der Waals surface area contributed by atoms with Crippen LogP contribution in [-0.2, 0) is 6.54 Å². The van der Waals surface area contributed by atoms with Gasteiger partial charge in [-0.1, -0.05) is 42.5 Å². The maximum atomic E-state index is 8.49. The van der Waals surface area contributed by atoms with Crippen LogP contribution in [0.3, 0.4) is 0 Å². The summed E-state index contributed by atoms with van der Waals surface area (Å²) in [6.45, 7) is 0.937. The molecule has 1 unspecified atom stereocenters. The van der Waals surface area contributed by atoms with Gasteiger partial charge in [-0.05, 0) is 23.3 Å². The summed E-state index contributed by atoms with van der Waals surface area (Å²) < 4.78 is 41.7. The molecule has 1 atom stereocenters. The molecule has 0 saturated carbocycles. The van der Waals surface area contributed by atoms with E-state index in [0.29, 0.717) is 0 Å². The zero-order valence-corrected chi connectivity index (χ0v) is 15.3. The van der Waals surface area contributed by atoms with Crippen LogP contribution >= 0.6 is 0 Å². The molecule has 27 heavy (non-hydrogen) atoms. The molecule has 2 aromatic carbocycles. The number of fused-ring (bicyclic) bond motifs is 2. The summed E-state index contributed by atoms with van der Waals surface area (Å²) in [5.41, 5.74) is 5.38. The van der Waals surface area contributed by atoms with Gasteiger partial charge >= 0.3 is 0 Å². The number of benzene rings is 2. The van der Waals surface area contributed by atoms with Crippen molar-refractivity contribution in [3.05, 3.63) is 95.3 Å². The normalized spacial score (nSPS) is 15.1. The average Bonchev–Trinajstić information content (AvgIpc) is 2.64. The molecule has 1 aliphatic heterocycles. The molecule has 7 heteroatoms. The minimum atomic E-state index is -4.94. The molecule has 2 heterocycles. The van der Waals surface area contributed by atoms with Crippen LogP contribution in [-0.4, -0.2) is 7.11 Å². The van der Waals surface area contributed by atoms with E-state index in [9.17, 15) is 0 Å². The number of aromatic nitrogens is 1. The average molecular weight is 388 g/mol.